The molecule has 1 aromatic carbocycles. The van der Waals surface area contributed by atoms with Crippen molar-refractivity contribution in [3.63, 3.8) is 0 Å². The molecule has 0 bridgehead atoms. The van der Waals surface area contributed by atoms with Crippen molar-refractivity contribution < 1.29 is 24.2 Å². The lowest BCUT2D eigenvalue weighted by Crippen LogP contribution is -2.45. The first-order chi connectivity index (χ1) is 11.2. The summed E-state index contributed by atoms with van der Waals surface area (Å²) in [6.45, 7) is 5.07. The van der Waals surface area contributed by atoms with Gasteiger partial charge in [-0.3, -0.25) is 0 Å². The Morgan fingerprint density at radius 3 is 2.62 bits per heavy atom. The summed E-state index contributed by atoms with van der Waals surface area (Å²) in [7, 11) is 1.42. The van der Waals surface area contributed by atoms with Crippen LogP contribution in [0.1, 0.15) is 32.4 Å². The number of ether oxygens (including phenoxy) is 2. The zero-order chi connectivity index (χ0) is 18.0. The number of urea groups is 1. The van der Waals surface area contributed by atoms with E-state index in [-0.39, 0.29) is 23.2 Å². The van der Waals surface area contributed by atoms with Gasteiger partial charge in [-0.05, 0) is 32.9 Å². The number of phenols is 1. The molecule has 0 spiro atoms. The zero-order valence-electron chi connectivity index (χ0n) is 13.8. The number of esters is 1. The van der Waals surface area contributed by atoms with Gasteiger partial charge in [-0.25, -0.2) is 9.59 Å². The number of phenolic OH excluding ortho intramolecular Hbond substituents is 1. The summed E-state index contributed by atoms with van der Waals surface area (Å²) in [5.41, 5.74) is 0.914. The van der Waals surface area contributed by atoms with Gasteiger partial charge in [0.15, 0.2) is 11.5 Å². The van der Waals surface area contributed by atoms with Crippen LogP contribution >= 0.6 is 15.9 Å². The fraction of sp³-hybridized carbons (Fsp3) is 0.375. The van der Waals surface area contributed by atoms with Crippen molar-refractivity contribution in [2.75, 3.05) is 7.11 Å². The lowest BCUT2D eigenvalue weighted by Gasteiger charge is -2.29. The second-order valence-corrected chi connectivity index (χ2v) is 6.49. The Kier molecular flexibility index (Phi) is 5.38. The third-order valence-electron chi connectivity index (χ3n) is 3.43. The largest absolute Gasteiger partial charge is 0.504 e. The second-order valence-electron chi connectivity index (χ2n) is 5.57. The molecule has 2 rings (SSSR count). The molecule has 0 saturated heterocycles. The summed E-state index contributed by atoms with van der Waals surface area (Å²) in [6, 6.07) is 1.86. The van der Waals surface area contributed by atoms with Crippen LogP contribution in [0.4, 0.5) is 4.79 Å². The molecule has 0 aliphatic carbocycles. The van der Waals surface area contributed by atoms with E-state index in [2.05, 4.69) is 26.6 Å². The van der Waals surface area contributed by atoms with Crippen molar-refractivity contribution in [1.82, 2.24) is 10.6 Å². The predicted molar refractivity (Wildman–Crippen MR) is 90.7 cm³/mol. The van der Waals surface area contributed by atoms with Crippen LogP contribution in [0, 0.1) is 0 Å². The Bertz CT molecular complexity index is 715. The Hall–Kier alpha value is -2.22. The van der Waals surface area contributed by atoms with Gasteiger partial charge in [-0.1, -0.05) is 15.9 Å². The van der Waals surface area contributed by atoms with Crippen LogP contribution < -0.4 is 15.4 Å². The van der Waals surface area contributed by atoms with Crippen molar-refractivity contribution in [3.05, 3.63) is 33.4 Å². The number of hydrogen-bond donors (Lipinski definition) is 3. The van der Waals surface area contributed by atoms with Crippen LogP contribution in [0.5, 0.6) is 11.5 Å². The third kappa shape index (κ3) is 3.64. The van der Waals surface area contributed by atoms with E-state index in [9.17, 15) is 14.7 Å². The van der Waals surface area contributed by atoms with Crippen LogP contribution in [0.15, 0.2) is 27.9 Å². The predicted octanol–water partition coefficient (Wildman–Crippen LogP) is 2.74. The molecule has 24 heavy (non-hydrogen) atoms. The Morgan fingerprint density at radius 2 is 2.04 bits per heavy atom. The maximum atomic E-state index is 12.5. The minimum absolute atomic E-state index is 0.157. The summed E-state index contributed by atoms with van der Waals surface area (Å²) in [5.74, 6) is -0.504. The molecule has 1 aliphatic rings. The molecule has 1 aliphatic heterocycles. The van der Waals surface area contributed by atoms with Gasteiger partial charge in [0.1, 0.15) is 0 Å². The van der Waals surface area contributed by atoms with Gasteiger partial charge in [-0.2, -0.15) is 0 Å². The number of hydrogen-bond acceptors (Lipinski definition) is 5. The summed E-state index contributed by atoms with van der Waals surface area (Å²) in [6.07, 6.45) is -0.318. The number of aromatic hydroxyl groups is 1. The number of nitrogens with one attached hydrogen (secondary N) is 2. The Morgan fingerprint density at radius 1 is 1.38 bits per heavy atom. The average Bonchev–Trinajstić information content (AvgIpc) is 2.47. The Balaban J connectivity index is 2.57. The zero-order valence-corrected chi connectivity index (χ0v) is 15.4. The third-order valence-corrected chi connectivity index (χ3v) is 3.89. The van der Waals surface area contributed by atoms with E-state index < -0.39 is 18.0 Å². The number of methoxy groups -OCH3 is 1. The first-order valence-electron chi connectivity index (χ1n) is 7.30. The molecule has 1 heterocycles. The van der Waals surface area contributed by atoms with Crippen LogP contribution in [0.25, 0.3) is 0 Å². The van der Waals surface area contributed by atoms with E-state index in [1.165, 1.54) is 7.11 Å². The molecule has 2 amide bonds. The molecule has 1 unspecified atom stereocenters. The van der Waals surface area contributed by atoms with Gasteiger partial charge in [0.05, 0.1) is 24.8 Å². The molecule has 130 valence electrons. The van der Waals surface area contributed by atoms with E-state index in [1.54, 1.807) is 32.9 Å². The van der Waals surface area contributed by atoms with Crippen molar-refractivity contribution in [2.45, 2.75) is 32.9 Å². The Labute approximate surface area is 148 Å². The van der Waals surface area contributed by atoms with E-state index in [0.29, 0.717) is 15.7 Å². The summed E-state index contributed by atoms with van der Waals surface area (Å²) in [5, 5.41) is 15.6. The smallest absolute Gasteiger partial charge is 0.338 e. The van der Waals surface area contributed by atoms with Gasteiger partial charge in [-0.15, -0.1) is 0 Å². The van der Waals surface area contributed by atoms with Crippen molar-refractivity contribution >= 4 is 27.9 Å². The fourth-order valence-corrected chi connectivity index (χ4v) is 2.90. The molecule has 0 radical (unpaired) electrons. The van der Waals surface area contributed by atoms with E-state index in [0.717, 1.165) is 0 Å². The van der Waals surface area contributed by atoms with Gasteiger partial charge in [0.2, 0.25) is 0 Å². The molecule has 1 aromatic rings. The number of amides is 2. The van der Waals surface area contributed by atoms with E-state index in [1.807, 2.05) is 0 Å². The SMILES string of the molecule is COc1cc(Br)cc(C2NC(=O)NC(C)=C2C(=O)OC(C)C)c1O. The van der Waals surface area contributed by atoms with Crippen LogP contribution in [-0.4, -0.2) is 30.3 Å². The monoisotopic (exact) mass is 398 g/mol. The van der Waals surface area contributed by atoms with E-state index >= 15 is 0 Å². The maximum Gasteiger partial charge on any atom is 0.338 e. The molecule has 8 heteroatoms. The van der Waals surface area contributed by atoms with Crippen molar-refractivity contribution in [3.8, 4) is 11.5 Å². The standard InChI is InChI=1S/C16H19BrN2O5/c1-7(2)24-15(21)12-8(3)18-16(22)19-13(12)10-5-9(17)6-11(23-4)14(10)20/h5-7,13,20H,1-4H3,(H2,18,19,22). The fourth-order valence-electron chi connectivity index (χ4n) is 2.45. The molecular formula is C16H19BrN2O5. The molecule has 0 fully saturated rings. The van der Waals surface area contributed by atoms with Crippen LogP contribution in [-0.2, 0) is 9.53 Å². The molecule has 7 nitrogen and oxygen atoms in total. The number of carbonyl (C=O) groups is 2. The van der Waals surface area contributed by atoms with Crippen LogP contribution in [0.2, 0.25) is 0 Å². The number of halogens is 1. The first-order valence-corrected chi connectivity index (χ1v) is 8.09. The van der Waals surface area contributed by atoms with Gasteiger partial charge in [0, 0.05) is 15.7 Å². The quantitative estimate of drug-likeness (QED) is 0.677. The lowest BCUT2D eigenvalue weighted by molar-refractivity contribution is -0.143. The summed E-state index contributed by atoms with van der Waals surface area (Å²) >= 11 is 3.33. The number of allylic oxidation sites excluding steroid dienone is 1. The normalized spacial score (nSPS) is 17.4. The van der Waals surface area contributed by atoms with Crippen molar-refractivity contribution in [1.29, 1.82) is 0 Å². The molecule has 0 saturated carbocycles. The number of rotatable bonds is 4. The molecule has 3 N–H and O–H groups in total. The maximum absolute atomic E-state index is 12.5. The molecule has 1 atom stereocenters. The lowest BCUT2D eigenvalue weighted by atomic mass is 9.94. The van der Waals surface area contributed by atoms with Gasteiger partial charge < -0.3 is 25.2 Å². The van der Waals surface area contributed by atoms with Gasteiger partial charge in [0.25, 0.3) is 0 Å². The molecular weight excluding hydrogens is 380 g/mol. The molecule has 0 aromatic heterocycles. The highest BCUT2D eigenvalue weighted by molar-refractivity contribution is 9.10. The van der Waals surface area contributed by atoms with Gasteiger partial charge >= 0.3 is 12.0 Å². The highest BCUT2D eigenvalue weighted by atomic mass is 79.9. The highest BCUT2D eigenvalue weighted by Crippen LogP contribution is 2.40. The van der Waals surface area contributed by atoms with Crippen LogP contribution in [0.3, 0.4) is 0 Å². The second kappa shape index (κ2) is 7.12. The van der Waals surface area contributed by atoms with E-state index in [4.69, 9.17) is 9.47 Å². The average molecular weight is 399 g/mol. The number of benzene rings is 1. The first kappa shape index (κ1) is 18.1. The minimum Gasteiger partial charge on any atom is -0.504 e. The highest BCUT2D eigenvalue weighted by Gasteiger charge is 2.35. The summed E-state index contributed by atoms with van der Waals surface area (Å²) < 4.78 is 11.0. The van der Waals surface area contributed by atoms with Crippen molar-refractivity contribution in [2.24, 2.45) is 0 Å². The topological polar surface area (TPSA) is 96.9 Å². The minimum atomic E-state index is -0.864. The number of carbonyl (C=O) groups excluding carboxylic acids is 2. The summed E-state index contributed by atoms with van der Waals surface area (Å²) in [4.78, 5) is 24.3.